The van der Waals surface area contributed by atoms with Crippen LogP contribution >= 0.6 is 11.8 Å². The van der Waals surface area contributed by atoms with E-state index in [0.29, 0.717) is 0 Å². The van der Waals surface area contributed by atoms with Crippen LogP contribution in [0.3, 0.4) is 0 Å². The number of hydroxylamine groups is 2. The Balaban J connectivity index is 2.09. The number of aromatic nitrogens is 1. The molecule has 0 radical (unpaired) electrons. The van der Waals surface area contributed by atoms with Crippen molar-refractivity contribution in [3.63, 3.8) is 0 Å². The van der Waals surface area contributed by atoms with E-state index in [4.69, 9.17) is 0 Å². The molecule has 3 rings (SSSR count). The van der Waals surface area contributed by atoms with Crippen LogP contribution in [0, 0.1) is 0 Å². The number of fused-ring (bicyclic) bond motifs is 1. The third-order valence-corrected chi connectivity index (χ3v) is 6.48. The fourth-order valence-corrected chi connectivity index (χ4v) is 4.95. The van der Waals surface area contributed by atoms with E-state index < -0.39 is 0 Å². The van der Waals surface area contributed by atoms with Gasteiger partial charge in [0, 0.05) is 23.0 Å². The summed E-state index contributed by atoms with van der Waals surface area (Å²) < 4.78 is 0. The lowest BCUT2D eigenvalue weighted by Crippen LogP contribution is -2.49. The fraction of sp³-hybridized carbons (Fsp3) is 0.450. The minimum absolute atomic E-state index is 0.143. The van der Waals surface area contributed by atoms with E-state index in [0.717, 1.165) is 37.0 Å². The Hall–Kier alpha value is -1.36. The monoisotopic (exact) mass is 342 g/mol. The first kappa shape index (κ1) is 17.5. The number of hydrogen-bond donors (Lipinski definition) is 1. The first-order valence-electron chi connectivity index (χ1n) is 8.81. The van der Waals surface area contributed by atoms with Gasteiger partial charge in [0.15, 0.2) is 0 Å². The number of pyridine rings is 1. The zero-order chi connectivity index (χ0) is 17.0. The van der Waals surface area contributed by atoms with Crippen molar-refractivity contribution in [2.75, 3.05) is 5.75 Å². The summed E-state index contributed by atoms with van der Waals surface area (Å²) in [4.78, 5) is 5.41. The number of nitrogens with zero attached hydrogens (tertiary/aromatic N) is 2. The Morgan fingerprint density at radius 3 is 2.67 bits per heavy atom. The summed E-state index contributed by atoms with van der Waals surface area (Å²) in [6.45, 7) is 4.41. The second kappa shape index (κ2) is 7.68. The van der Waals surface area contributed by atoms with E-state index in [-0.39, 0.29) is 11.6 Å². The van der Waals surface area contributed by atoms with Gasteiger partial charge >= 0.3 is 0 Å². The quantitative estimate of drug-likeness (QED) is 0.799. The van der Waals surface area contributed by atoms with Gasteiger partial charge in [-0.15, -0.1) is 11.8 Å². The highest BCUT2D eigenvalue weighted by atomic mass is 32.2. The second-order valence-corrected chi connectivity index (χ2v) is 7.55. The van der Waals surface area contributed by atoms with Gasteiger partial charge in [0.1, 0.15) is 0 Å². The van der Waals surface area contributed by atoms with Crippen LogP contribution in [0.25, 0.3) is 0 Å². The van der Waals surface area contributed by atoms with E-state index in [9.17, 15) is 5.21 Å². The van der Waals surface area contributed by atoms with Gasteiger partial charge in [-0.2, -0.15) is 5.06 Å². The summed E-state index contributed by atoms with van der Waals surface area (Å²) in [6.07, 6.45) is 7.84. The molecule has 1 aliphatic rings. The van der Waals surface area contributed by atoms with Gasteiger partial charge in [0.05, 0.1) is 11.6 Å². The summed E-state index contributed by atoms with van der Waals surface area (Å²) >= 11 is 1.88. The van der Waals surface area contributed by atoms with Crippen molar-refractivity contribution in [1.82, 2.24) is 10.0 Å². The molecule has 1 N–H and O–H groups in total. The van der Waals surface area contributed by atoms with Gasteiger partial charge in [-0.25, -0.2) is 0 Å². The highest BCUT2D eigenvalue weighted by Gasteiger charge is 2.42. The molecular formula is C20H26N2OS. The Morgan fingerprint density at radius 2 is 1.96 bits per heavy atom. The Morgan fingerprint density at radius 1 is 1.21 bits per heavy atom. The molecule has 0 bridgehead atoms. The topological polar surface area (TPSA) is 36.4 Å². The minimum atomic E-state index is -0.201. The summed E-state index contributed by atoms with van der Waals surface area (Å²) in [5.41, 5.74) is 2.08. The summed E-state index contributed by atoms with van der Waals surface area (Å²) in [6, 6.07) is 12.3. The van der Waals surface area contributed by atoms with Gasteiger partial charge in [0.25, 0.3) is 0 Å². The molecule has 1 aliphatic heterocycles. The molecule has 1 aromatic heterocycles. The molecule has 0 spiro atoms. The lowest BCUT2D eigenvalue weighted by molar-refractivity contribution is -0.193. The van der Waals surface area contributed by atoms with Gasteiger partial charge in [0.2, 0.25) is 0 Å². The van der Waals surface area contributed by atoms with Crippen LogP contribution in [-0.4, -0.2) is 26.5 Å². The highest BCUT2D eigenvalue weighted by Crippen LogP contribution is 2.45. The molecule has 1 aromatic carbocycles. The van der Waals surface area contributed by atoms with E-state index in [1.54, 1.807) is 5.06 Å². The molecule has 3 nitrogen and oxygen atoms in total. The molecule has 2 atom stereocenters. The molecule has 0 unspecified atom stereocenters. The molecule has 0 aliphatic carbocycles. The van der Waals surface area contributed by atoms with Crippen molar-refractivity contribution in [2.24, 2.45) is 0 Å². The molecule has 0 amide bonds. The lowest BCUT2D eigenvalue weighted by atomic mass is 9.87. The van der Waals surface area contributed by atoms with Crippen LogP contribution in [0.4, 0.5) is 0 Å². The molecule has 128 valence electrons. The zero-order valence-electron chi connectivity index (χ0n) is 14.5. The minimum Gasteiger partial charge on any atom is -0.312 e. The van der Waals surface area contributed by atoms with Crippen LogP contribution in [0.2, 0.25) is 0 Å². The number of benzene rings is 1. The van der Waals surface area contributed by atoms with E-state index in [2.05, 4.69) is 43.1 Å². The lowest BCUT2D eigenvalue weighted by Gasteiger charge is -2.42. The zero-order valence-corrected chi connectivity index (χ0v) is 15.3. The predicted octanol–water partition coefficient (Wildman–Crippen LogP) is 5.31. The fourth-order valence-electron chi connectivity index (χ4n) is 3.52. The van der Waals surface area contributed by atoms with Crippen molar-refractivity contribution in [3.8, 4) is 0 Å². The molecule has 0 fully saturated rings. The van der Waals surface area contributed by atoms with Gasteiger partial charge in [-0.3, -0.25) is 4.98 Å². The highest BCUT2D eigenvalue weighted by molar-refractivity contribution is 7.99. The summed E-state index contributed by atoms with van der Waals surface area (Å²) in [7, 11) is 0. The van der Waals surface area contributed by atoms with Crippen LogP contribution in [-0.2, 0) is 0 Å². The third kappa shape index (κ3) is 3.23. The van der Waals surface area contributed by atoms with Crippen molar-refractivity contribution >= 4 is 11.8 Å². The van der Waals surface area contributed by atoms with Gasteiger partial charge < -0.3 is 5.21 Å². The molecular weight excluding hydrogens is 316 g/mol. The number of thioether (sulfide) groups is 1. The Kier molecular flexibility index (Phi) is 5.59. The van der Waals surface area contributed by atoms with E-state index in [1.807, 2.05) is 36.3 Å². The molecule has 4 heteroatoms. The maximum absolute atomic E-state index is 11.4. The van der Waals surface area contributed by atoms with Crippen LogP contribution in [0.5, 0.6) is 0 Å². The number of rotatable bonds is 5. The molecule has 24 heavy (non-hydrogen) atoms. The number of unbranched alkanes of at least 4 members (excludes halogenated alkanes) is 1. The first-order chi connectivity index (χ1) is 11.7. The average Bonchev–Trinajstić information content (AvgIpc) is 2.76. The predicted molar refractivity (Wildman–Crippen MR) is 99.4 cm³/mol. The van der Waals surface area contributed by atoms with E-state index in [1.165, 1.54) is 10.5 Å². The normalized spacial score (nSPS) is 24.4. The Bertz CT molecular complexity index is 664. The van der Waals surface area contributed by atoms with Crippen LogP contribution < -0.4 is 0 Å². The standard InChI is InChI=1S/C20H26N2OS/c1-3-5-12-20(4-2)15-24-18-9-7-6-8-17(18)19(22(20)23)16-10-13-21-14-11-16/h6-11,13-14,19,23H,3-5,12,15H2,1-2H3/t19-,20-/m0/s1. The van der Waals surface area contributed by atoms with Crippen molar-refractivity contribution in [2.45, 2.75) is 56.0 Å². The maximum atomic E-state index is 11.4. The number of hydrogen-bond acceptors (Lipinski definition) is 4. The van der Waals surface area contributed by atoms with Crippen molar-refractivity contribution < 1.29 is 5.21 Å². The summed E-state index contributed by atoms with van der Waals surface area (Å²) in [5, 5.41) is 13.0. The maximum Gasteiger partial charge on any atom is 0.0868 e. The van der Waals surface area contributed by atoms with Crippen LogP contribution in [0.1, 0.15) is 56.7 Å². The SMILES string of the molecule is CCCC[C@@]1(CC)CSc2ccccc2[C@H](c2ccncc2)N1O. The first-order valence-corrected chi connectivity index (χ1v) is 9.80. The molecule has 0 saturated carbocycles. The van der Waals surface area contributed by atoms with E-state index >= 15 is 0 Å². The smallest absolute Gasteiger partial charge is 0.0868 e. The van der Waals surface area contributed by atoms with Crippen molar-refractivity contribution in [3.05, 3.63) is 59.9 Å². The molecule has 2 aromatic rings. The van der Waals surface area contributed by atoms with Crippen molar-refractivity contribution in [1.29, 1.82) is 0 Å². The summed E-state index contributed by atoms with van der Waals surface area (Å²) in [5.74, 6) is 0.915. The van der Waals surface area contributed by atoms with Crippen LogP contribution in [0.15, 0.2) is 53.7 Å². The largest absolute Gasteiger partial charge is 0.312 e. The Labute approximate surface area is 149 Å². The third-order valence-electron chi connectivity index (χ3n) is 5.12. The second-order valence-electron chi connectivity index (χ2n) is 6.54. The average molecular weight is 343 g/mol. The van der Waals surface area contributed by atoms with Gasteiger partial charge in [-0.05, 0) is 42.2 Å². The van der Waals surface area contributed by atoms with Gasteiger partial charge in [-0.1, -0.05) is 44.9 Å². The molecule has 2 heterocycles. The molecule has 0 saturated heterocycles.